The van der Waals surface area contributed by atoms with E-state index < -0.39 is 0 Å². The minimum atomic E-state index is -0.0961. The summed E-state index contributed by atoms with van der Waals surface area (Å²) in [5.74, 6) is 0. The van der Waals surface area contributed by atoms with Crippen LogP contribution in [0.4, 0.5) is 0 Å². The van der Waals surface area contributed by atoms with Crippen molar-refractivity contribution in [3.63, 3.8) is 0 Å². The van der Waals surface area contributed by atoms with Crippen molar-refractivity contribution in [3.8, 4) is 0 Å². The summed E-state index contributed by atoms with van der Waals surface area (Å²) in [5.41, 5.74) is 7.49. The minimum absolute atomic E-state index is 0.00826. The molecule has 1 aliphatic rings. The molecular formula is C14H20Cl2N2. The predicted octanol–water partition coefficient (Wildman–Crippen LogP) is 3.87. The van der Waals surface area contributed by atoms with E-state index in [2.05, 4.69) is 19.0 Å². The maximum absolute atomic E-state index is 6.52. The molecule has 1 aliphatic carbocycles. The van der Waals surface area contributed by atoms with Crippen LogP contribution in [0, 0.1) is 0 Å². The summed E-state index contributed by atoms with van der Waals surface area (Å²) in [6.07, 6.45) is 4.68. The molecule has 1 atom stereocenters. The Morgan fingerprint density at radius 1 is 1.22 bits per heavy atom. The number of hydrogen-bond donors (Lipinski definition) is 1. The number of hydrogen-bond acceptors (Lipinski definition) is 2. The van der Waals surface area contributed by atoms with Crippen LogP contribution in [0.1, 0.15) is 37.3 Å². The number of nitrogens with two attached hydrogens (primary N) is 1. The van der Waals surface area contributed by atoms with Gasteiger partial charge in [0.1, 0.15) is 0 Å². The molecule has 4 heteroatoms. The number of likely N-dealkylation sites (N-methyl/N-ethyl adjacent to an activating group) is 1. The third kappa shape index (κ3) is 2.27. The van der Waals surface area contributed by atoms with Gasteiger partial charge in [0.15, 0.2) is 0 Å². The molecule has 0 aliphatic heterocycles. The SMILES string of the molecule is CN(C)C1(C(N)c2cccc(Cl)c2Cl)CCCC1. The average molecular weight is 287 g/mol. The predicted molar refractivity (Wildman–Crippen MR) is 78.3 cm³/mol. The van der Waals surface area contributed by atoms with E-state index in [9.17, 15) is 0 Å². The van der Waals surface area contributed by atoms with E-state index in [-0.39, 0.29) is 11.6 Å². The van der Waals surface area contributed by atoms with Gasteiger partial charge in [-0.2, -0.15) is 0 Å². The van der Waals surface area contributed by atoms with E-state index in [1.54, 1.807) is 6.07 Å². The zero-order chi connectivity index (χ0) is 13.3. The van der Waals surface area contributed by atoms with Gasteiger partial charge < -0.3 is 10.6 Å². The maximum Gasteiger partial charge on any atom is 0.0640 e. The van der Waals surface area contributed by atoms with E-state index in [1.807, 2.05) is 12.1 Å². The van der Waals surface area contributed by atoms with Crippen molar-refractivity contribution >= 4 is 23.2 Å². The van der Waals surface area contributed by atoms with E-state index in [4.69, 9.17) is 28.9 Å². The van der Waals surface area contributed by atoms with Crippen LogP contribution >= 0.6 is 23.2 Å². The highest BCUT2D eigenvalue weighted by atomic mass is 35.5. The fourth-order valence-corrected chi connectivity index (χ4v) is 3.50. The molecule has 1 aromatic carbocycles. The van der Waals surface area contributed by atoms with Crippen molar-refractivity contribution < 1.29 is 0 Å². The Bertz CT molecular complexity index is 426. The Labute approximate surface area is 119 Å². The van der Waals surface area contributed by atoms with Crippen LogP contribution in [0.25, 0.3) is 0 Å². The van der Waals surface area contributed by atoms with Crippen molar-refractivity contribution in [2.24, 2.45) is 5.73 Å². The molecule has 1 fully saturated rings. The lowest BCUT2D eigenvalue weighted by atomic mass is 9.83. The van der Waals surface area contributed by atoms with Crippen molar-refractivity contribution in [3.05, 3.63) is 33.8 Å². The number of halogens is 2. The lowest BCUT2D eigenvalue weighted by molar-refractivity contribution is 0.123. The molecule has 0 amide bonds. The fraction of sp³-hybridized carbons (Fsp3) is 0.571. The number of benzene rings is 1. The van der Waals surface area contributed by atoms with E-state index in [1.165, 1.54) is 12.8 Å². The first kappa shape index (κ1) is 14.1. The van der Waals surface area contributed by atoms with Crippen molar-refractivity contribution in [1.29, 1.82) is 0 Å². The maximum atomic E-state index is 6.52. The molecule has 1 saturated carbocycles. The van der Waals surface area contributed by atoms with Crippen molar-refractivity contribution in [1.82, 2.24) is 4.90 Å². The third-order valence-corrected chi connectivity index (χ3v) is 5.09. The molecule has 0 saturated heterocycles. The second kappa shape index (κ2) is 5.38. The van der Waals surface area contributed by atoms with Gasteiger partial charge in [0.25, 0.3) is 0 Å². The molecule has 0 aromatic heterocycles. The number of rotatable bonds is 3. The van der Waals surface area contributed by atoms with Crippen LogP contribution in [-0.4, -0.2) is 24.5 Å². The van der Waals surface area contributed by atoms with Gasteiger partial charge in [-0.05, 0) is 38.6 Å². The highest BCUT2D eigenvalue weighted by molar-refractivity contribution is 6.42. The standard InChI is InChI=1S/C14H20Cl2N2/c1-18(2)14(8-3-4-9-14)13(17)10-6-5-7-11(15)12(10)16/h5-7,13H,3-4,8-9,17H2,1-2H3. The molecule has 1 aromatic rings. The monoisotopic (exact) mass is 286 g/mol. The van der Waals surface area contributed by atoms with E-state index >= 15 is 0 Å². The van der Waals surface area contributed by atoms with Gasteiger partial charge in [0.2, 0.25) is 0 Å². The van der Waals surface area contributed by atoms with Crippen LogP contribution in [0.15, 0.2) is 18.2 Å². The first-order chi connectivity index (χ1) is 8.49. The minimum Gasteiger partial charge on any atom is -0.322 e. The Balaban J connectivity index is 2.40. The first-order valence-corrected chi connectivity index (χ1v) is 7.11. The summed E-state index contributed by atoms with van der Waals surface area (Å²) in [4.78, 5) is 2.25. The van der Waals surface area contributed by atoms with Gasteiger partial charge in [-0.1, -0.05) is 48.2 Å². The molecule has 0 radical (unpaired) electrons. The van der Waals surface area contributed by atoms with Crippen LogP contribution in [0.5, 0.6) is 0 Å². The molecular weight excluding hydrogens is 267 g/mol. The van der Waals surface area contributed by atoms with E-state index in [0.717, 1.165) is 18.4 Å². The topological polar surface area (TPSA) is 29.3 Å². The van der Waals surface area contributed by atoms with Gasteiger partial charge in [-0.15, -0.1) is 0 Å². The summed E-state index contributed by atoms with van der Waals surface area (Å²) < 4.78 is 0. The Kier molecular flexibility index (Phi) is 4.22. The Morgan fingerprint density at radius 3 is 2.39 bits per heavy atom. The molecule has 100 valence electrons. The summed E-state index contributed by atoms with van der Waals surface area (Å²) in [6, 6.07) is 5.61. The molecule has 2 N–H and O–H groups in total. The van der Waals surface area contributed by atoms with Crippen molar-refractivity contribution in [2.75, 3.05) is 14.1 Å². The summed E-state index contributed by atoms with van der Waals surface area (Å²) >= 11 is 12.4. The molecule has 1 unspecified atom stereocenters. The average Bonchev–Trinajstić information content (AvgIpc) is 2.82. The Morgan fingerprint density at radius 2 is 1.83 bits per heavy atom. The molecule has 2 rings (SSSR count). The van der Waals surface area contributed by atoms with Gasteiger partial charge in [0, 0.05) is 11.6 Å². The van der Waals surface area contributed by atoms with E-state index in [0.29, 0.717) is 10.0 Å². The van der Waals surface area contributed by atoms with Crippen molar-refractivity contribution in [2.45, 2.75) is 37.3 Å². The lowest BCUT2D eigenvalue weighted by Gasteiger charge is -2.42. The highest BCUT2D eigenvalue weighted by Gasteiger charge is 2.42. The normalized spacial score (nSPS) is 20.3. The van der Waals surface area contributed by atoms with Gasteiger partial charge >= 0.3 is 0 Å². The highest BCUT2D eigenvalue weighted by Crippen LogP contribution is 2.44. The molecule has 2 nitrogen and oxygen atoms in total. The fourth-order valence-electron chi connectivity index (χ4n) is 3.07. The third-order valence-electron chi connectivity index (χ3n) is 4.26. The zero-order valence-electron chi connectivity index (χ0n) is 10.9. The molecule has 0 bridgehead atoms. The Hall–Kier alpha value is -0.280. The quantitative estimate of drug-likeness (QED) is 0.914. The van der Waals surface area contributed by atoms with Crippen LogP contribution in [0.2, 0.25) is 10.0 Å². The van der Waals surface area contributed by atoms with Gasteiger partial charge in [0.05, 0.1) is 10.0 Å². The van der Waals surface area contributed by atoms with Gasteiger partial charge in [-0.25, -0.2) is 0 Å². The number of nitrogens with zero attached hydrogens (tertiary/aromatic N) is 1. The first-order valence-electron chi connectivity index (χ1n) is 6.36. The van der Waals surface area contributed by atoms with Crippen LogP contribution in [0.3, 0.4) is 0 Å². The lowest BCUT2D eigenvalue weighted by Crippen LogP contribution is -2.50. The summed E-state index contributed by atoms with van der Waals surface area (Å²) in [7, 11) is 4.20. The largest absolute Gasteiger partial charge is 0.322 e. The second-order valence-corrected chi connectivity index (χ2v) is 6.11. The smallest absolute Gasteiger partial charge is 0.0640 e. The molecule has 18 heavy (non-hydrogen) atoms. The summed E-state index contributed by atoms with van der Waals surface area (Å²) in [5, 5.41) is 1.18. The zero-order valence-corrected chi connectivity index (χ0v) is 12.4. The summed E-state index contributed by atoms with van der Waals surface area (Å²) in [6.45, 7) is 0. The van der Waals surface area contributed by atoms with Crippen LogP contribution < -0.4 is 5.73 Å². The van der Waals surface area contributed by atoms with Gasteiger partial charge in [-0.3, -0.25) is 0 Å². The second-order valence-electron chi connectivity index (χ2n) is 5.33. The molecule has 0 spiro atoms. The molecule has 0 heterocycles. The van der Waals surface area contributed by atoms with Crippen LogP contribution in [-0.2, 0) is 0 Å².